The Kier molecular flexibility index (Phi) is 5.95. The number of benzene rings is 3. The number of nitro benzene ring substituents is 1. The molecular weight excluding hydrogens is 469 g/mol. The minimum Gasteiger partial charge on any atom is -0.349 e. The van der Waals surface area contributed by atoms with Crippen LogP contribution in [0.5, 0.6) is 0 Å². The van der Waals surface area contributed by atoms with Crippen LogP contribution < -0.4 is 10.2 Å². The highest BCUT2D eigenvalue weighted by molar-refractivity contribution is 6.53. The van der Waals surface area contributed by atoms with Crippen molar-refractivity contribution in [2.24, 2.45) is 0 Å². The maximum atomic E-state index is 13.0. The lowest BCUT2D eigenvalue weighted by atomic mass is 10.0. The van der Waals surface area contributed by atoms with E-state index in [9.17, 15) is 24.5 Å². The van der Waals surface area contributed by atoms with E-state index in [2.05, 4.69) is 5.32 Å². The lowest BCUT2D eigenvalue weighted by molar-refractivity contribution is -0.384. The third-order valence-electron chi connectivity index (χ3n) is 4.85. The molecule has 0 spiro atoms. The van der Waals surface area contributed by atoms with Gasteiger partial charge in [-0.25, -0.2) is 4.90 Å². The second kappa shape index (κ2) is 8.85. The Morgan fingerprint density at radius 3 is 2.33 bits per heavy atom. The molecule has 1 aliphatic heterocycles. The molecule has 10 heteroatoms. The molecule has 0 aromatic heterocycles. The van der Waals surface area contributed by atoms with Gasteiger partial charge in [-0.3, -0.25) is 24.5 Å². The van der Waals surface area contributed by atoms with Crippen LogP contribution in [-0.2, 0) is 9.59 Å². The largest absolute Gasteiger partial charge is 0.349 e. The molecule has 0 fully saturated rings. The van der Waals surface area contributed by atoms with Crippen molar-refractivity contribution < 1.29 is 19.3 Å². The first-order valence-electron chi connectivity index (χ1n) is 9.47. The summed E-state index contributed by atoms with van der Waals surface area (Å²) in [4.78, 5) is 50.0. The van der Waals surface area contributed by atoms with E-state index in [1.807, 2.05) is 0 Å². The van der Waals surface area contributed by atoms with E-state index < -0.39 is 21.8 Å². The summed E-state index contributed by atoms with van der Waals surface area (Å²) in [5.41, 5.74) is 0.209. The number of hydrogen-bond acceptors (Lipinski definition) is 6. The Labute approximate surface area is 197 Å². The molecule has 0 aliphatic carbocycles. The maximum absolute atomic E-state index is 13.0. The smallest absolute Gasteiger partial charge is 0.283 e. The number of rotatable bonds is 6. The molecule has 0 atom stereocenters. The number of imide groups is 1. The molecule has 0 radical (unpaired) electrons. The molecule has 1 N–H and O–H groups in total. The van der Waals surface area contributed by atoms with Crippen molar-refractivity contribution in [3.63, 3.8) is 0 Å². The van der Waals surface area contributed by atoms with E-state index in [0.29, 0.717) is 10.6 Å². The fourth-order valence-electron chi connectivity index (χ4n) is 3.28. The lowest BCUT2D eigenvalue weighted by Crippen LogP contribution is -2.32. The van der Waals surface area contributed by atoms with Crippen LogP contribution in [0.15, 0.2) is 83.5 Å². The third kappa shape index (κ3) is 4.21. The van der Waals surface area contributed by atoms with Gasteiger partial charge in [0.05, 0.1) is 16.3 Å². The van der Waals surface area contributed by atoms with Gasteiger partial charge in [0.2, 0.25) is 0 Å². The Morgan fingerprint density at radius 2 is 1.64 bits per heavy atom. The van der Waals surface area contributed by atoms with Gasteiger partial charge in [-0.1, -0.05) is 59.6 Å². The molecule has 164 valence electrons. The summed E-state index contributed by atoms with van der Waals surface area (Å²) in [6, 6.07) is 17.9. The van der Waals surface area contributed by atoms with E-state index in [1.54, 1.807) is 30.3 Å². The van der Waals surface area contributed by atoms with Crippen LogP contribution >= 0.6 is 23.2 Å². The normalized spacial score (nSPS) is 13.5. The number of ketones is 1. The quantitative estimate of drug-likeness (QED) is 0.231. The molecule has 2 amide bonds. The molecule has 8 nitrogen and oxygen atoms in total. The van der Waals surface area contributed by atoms with Crippen LogP contribution in [0.3, 0.4) is 0 Å². The number of amides is 2. The highest BCUT2D eigenvalue weighted by Crippen LogP contribution is 2.33. The van der Waals surface area contributed by atoms with Crippen LogP contribution in [0.2, 0.25) is 5.02 Å². The molecule has 0 saturated carbocycles. The van der Waals surface area contributed by atoms with Gasteiger partial charge < -0.3 is 5.32 Å². The van der Waals surface area contributed by atoms with Crippen LogP contribution in [0.25, 0.3) is 0 Å². The molecule has 0 saturated heterocycles. The van der Waals surface area contributed by atoms with E-state index in [-0.39, 0.29) is 34.1 Å². The predicted molar refractivity (Wildman–Crippen MR) is 123 cm³/mol. The Bertz CT molecular complexity index is 1360. The number of non-ortho nitro benzene ring substituents is 1. The molecular formula is C23H13Cl2N3O5. The van der Waals surface area contributed by atoms with E-state index >= 15 is 0 Å². The van der Waals surface area contributed by atoms with Gasteiger partial charge in [0.25, 0.3) is 17.5 Å². The van der Waals surface area contributed by atoms with Crippen LogP contribution in [0, 0.1) is 10.1 Å². The molecule has 33 heavy (non-hydrogen) atoms. The zero-order valence-corrected chi connectivity index (χ0v) is 18.1. The topological polar surface area (TPSA) is 110 Å². The van der Waals surface area contributed by atoms with Gasteiger partial charge >= 0.3 is 0 Å². The van der Waals surface area contributed by atoms with Crippen molar-refractivity contribution in [2.45, 2.75) is 0 Å². The monoisotopic (exact) mass is 481 g/mol. The number of anilines is 2. The van der Waals surface area contributed by atoms with Gasteiger partial charge in [-0.15, -0.1) is 0 Å². The summed E-state index contributed by atoms with van der Waals surface area (Å²) in [5, 5.41) is 13.7. The predicted octanol–water partition coefficient (Wildman–Crippen LogP) is 4.91. The number of carbonyl (C=O) groups is 3. The SMILES string of the molecule is O=C(c1ccccc1)c1cc(Cl)ccc1NC1=C(Cl)C(=O)N(c2cccc([N+](=O)[O-])c2)C1=O. The lowest BCUT2D eigenvalue weighted by Gasteiger charge is -2.16. The molecule has 1 heterocycles. The first kappa shape index (κ1) is 22.2. The van der Waals surface area contributed by atoms with E-state index in [1.165, 1.54) is 36.4 Å². The average molecular weight is 482 g/mol. The van der Waals surface area contributed by atoms with E-state index in [4.69, 9.17) is 23.2 Å². The number of nitrogens with zero attached hydrogens (tertiary/aromatic N) is 2. The first-order valence-corrected chi connectivity index (χ1v) is 10.2. The van der Waals surface area contributed by atoms with Crippen molar-refractivity contribution in [1.82, 2.24) is 0 Å². The fraction of sp³-hybridized carbons (Fsp3) is 0. The van der Waals surface area contributed by atoms with Crippen molar-refractivity contribution in [1.29, 1.82) is 0 Å². The summed E-state index contributed by atoms with van der Waals surface area (Å²) < 4.78 is 0. The highest BCUT2D eigenvalue weighted by Gasteiger charge is 2.39. The number of halogens is 2. The zero-order valence-electron chi connectivity index (χ0n) is 16.6. The van der Waals surface area contributed by atoms with E-state index in [0.717, 1.165) is 11.0 Å². The van der Waals surface area contributed by atoms with Crippen molar-refractivity contribution in [3.05, 3.63) is 110 Å². The molecule has 0 bridgehead atoms. The van der Waals surface area contributed by atoms with Crippen LogP contribution in [-0.4, -0.2) is 22.5 Å². The summed E-state index contributed by atoms with van der Waals surface area (Å²) in [6.07, 6.45) is 0. The summed E-state index contributed by atoms with van der Waals surface area (Å²) in [5.74, 6) is -2.03. The van der Waals surface area contributed by atoms with Crippen molar-refractivity contribution >= 4 is 57.9 Å². The van der Waals surface area contributed by atoms with Crippen LogP contribution in [0.1, 0.15) is 15.9 Å². The molecule has 4 rings (SSSR count). The minimum atomic E-state index is -0.852. The zero-order chi connectivity index (χ0) is 23.7. The second-order valence-corrected chi connectivity index (χ2v) is 7.74. The highest BCUT2D eigenvalue weighted by atomic mass is 35.5. The summed E-state index contributed by atoms with van der Waals surface area (Å²) in [7, 11) is 0. The molecule has 1 aliphatic rings. The molecule has 3 aromatic carbocycles. The first-order chi connectivity index (χ1) is 15.8. The van der Waals surface area contributed by atoms with Crippen LogP contribution in [0.4, 0.5) is 17.1 Å². The second-order valence-electron chi connectivity index (χ2n) is 6.92. The Morgan fingerprint density at radius 1 is 0.909 bits per heavy atom. The maximum Gasteiger partial charge on any atom is 0.283 e. The average Bonchev–Trinajstić information content (AvgIpc) is 3.03. The number of nitrogens with one attached hydrogen (secondary N) is 1. The van der Waals surface area contributed by atoms with Gasteiger partial charge in [-0.2, -0.15) is 0 Å². The van der Waals surface area contributed by atoms with Crippen molar-refractivity contribution in [3.8, 4) is 0 Å². The number of nitro groups is 1. The van der Waals surface area contributed by atoms with Gasteiger partial charge in [0.15, 0.2) is 5.78 Å². The Hall–Kier alpha value is -4.01. The van der Waals surface area contributed by atoms with Crippen molar-refractivity contribution in [2.75, 3.05) is 10.2 Å². The summed E-state index contributed by atoms with van der Waals surface area (Å²) >= 11 is 12.2. The third-order valence-corrected chi connectivity index (χ3v) is 5.43. The minimum absolute atomic E-state index is 0.00848. The standard InChI is InChI=1S/C23H13Cl2N3O5/c24-14-9-10-18(17(11-14)21(29)13-5-2-1-3-6-13)26-20-19(25)22(30)27(23(20)31)15-7-4-8-16(12-15)28(32)33/h1-12,26H. The summed E-state index contributed by atoms with van der Waals surface area (Å²) in [6.45, 7) is 0. The Balaban J connectivity index is 1.70. The molecule has 0 unspecified atom stereocenters. The molecule has 3 aromatic rings. The number of hydrogen-bond donors (Lipinski definition) is 1. The fourth-order valence-corrected chi connectivity index (χ4v) is 3.67. The van der Waals surface area contributed by atoms with Gasteiger partial charge in [0, 0.05) is 28.3 Å². The van der Waals surface area contributed by atoms with Gasteiger partial charge in [0.1, 0.15) is 10.7 Å². The number of carbonyl (C=O) groups excluding carboxylic acids is 3. The van der Waals surface area contributed by atoms with Gasteiger partial charge in [-0.05, 0) is 24.3 Å².